The van der Waals surface area contributed by atoms with Gasteiger partial charge in [0.1, 0.15) is 12.1 Å². The molecule has 4 rings (SSSR count). The minimum Gasteiger partial charge on any atom is -0.493 e. The summed E-state index contributed by atoms with van der Waals surface area (Å²) in [6.07, 6.45) is 16.6. The second kappa shape index (κ2) is 17.3. The Morgan fingerprint density at radius 2 is 1.67 bits per heavy atom. The van der Waals surface area contributed by atoms with Crippen molar-refractivity contribution in [3.63, 3.8) is 0 Å². The van der Waals surface area contributed by atoms with Gasteiger partial charge in [0.15, 0.2) is 11.5 Å². The number of carbonyl (C=O) groups is 2. The normalized spacial score (nSPS) is 15.4. The molecule has 3 aromatic rings. The summed E-state index contributed by atoms with van der Waals surface area (Å²) in [4.78, 5) is 38.2. The smallest absolute Gasteiger partial charge is 0.329 e. The minimum absolute atomic E-state index is 0.0899. The molecule has 45 heavy (non-hydrogen) atoms. The van der Waals surface area contributed by atoms with Crippen molar-refractivity contribution in [2.45, 2.75) is 89.2 Å². The molecule has 1 amide bonds. The topological polar surface area (TPSA) is 90.9 Å². The van der Waals surface area contributed by atoms with Gasteiger partial charge in [0.2, 0.25) is 5.91 Å². The maximum Gasteiger partial charge on any atom is 0.329 e. The van der Waals surface area contributed by atoms with Crippen LogP contribution in [-0.2, 0) is 27.2 Å². The van der Waals surface area contributed by atoms with Gasteiger partial charge in [-0.05, 0) is 112 Å². The summed E-state index contributed by atoms with van der Waals surface area (Å²) in [6.45, 7) is 6.37. The van der Waals surface area contributed by atoms with Gasteiger partial charge < -0.3 is 19.1 Å². The predicted octanol–water partition coefficient (Wildman–Crippen LogP) is 6.80. The third-order valence-corrected chi connectivity index (χ3v) is 8.56. The largest absolute Gasteiger partial charge is 0.493 e. The first-order valence-corrected chi connectivity index (χ1v) is 16.1. The number of aryl methyl sites for hydroxylation is 3. The summed E-state index contributed by atoms with van der Waals surface area (Å²) in [5.74, 6) is 0.321. The molecule has 240 valence electrons. The van der Waals surface area contributed by atoms with Crippen molar-refractivity contribution in [2.24, 2.45) is 0 Å². The van der Waals surface area contributed by atoms with Gasteiger partial charge in [-0.1, -0.05) is 24.3 Å². The molecule has 0 N–H and O–H groups in total. The average Bonchev–Trinajstić information content (AvgIpc) is 3.07. The van der Waals surface area contributed by atoms with Crippen LogP contribution in [-0.4, -0.2) is 59.7 Å². The zero-order valence-electron chi connectivity index (χ0n) is 27.0. The Balaban J connectivity index is 1.48. The van der Waals surface area contributed by atoms with Gasteiger partial charge in [-0.15, -0.1) is 6.58 Å². The van der Waals surface area contributed by atoms with Crippen LogP contribution in [0.15, 0.2) is 73.8 Å². The molecule has 1 fully saturated rings. The van der Waals surface area contributed by atoms with Crippen LogP contribution in [0.1, 0.15) is 79.5 Å². The van der Waals surface area contributed by atoms with Crippen LogP contribution in [0.3, 0.4) is 0 Å². The van der Waals surface area contributed by atoms with Crippen LogP contribution < -0.4 is 9.47 Å². The third-order valence-electron chi connectivity index (χ3n) is 8.56. The monoisotopic (exact) mass is 613 g/mol. The fraction of sp³-hybridized carbons (Fsp3) is 0.459. The number of methoxy groups -OCH3 is 2. The molecule has 8 heteroatoms. The molecule has 1 saturated heterocycles. The Morgan fingerprint density at radius 3 is 2.22 bits per heavy atom. The lowest BCUT2D eigenvalue weighted by atomic mass is 9.90. The first kappa shape index (κ1) is 33.7. The van der Waals surface area contributed by atoms with E-state index in [9.17, 15) is 9.59 Å². The summed E-state index contributed by atoms with van der Waals surface area (Å²) in [5, 5.41) is 0. The SMILES string of the molecule is C=CC[C@H](C(=O)N1CCCC[C@H]1C(=O)OC(CCCc1cccnc1)CCCc1cccnc1)c1cc(C)c(OC)c(OC)c1. The number of allylic oxidation sites excluding steroid dienone is 1. The van der Waals surface area contributed by atoms with Crippen molar-refractivity contribution in [1.29, 1.82) is 0 Å². The lowest BCUT2D eigenvalue weighted by Gasteiger charge is -2.37. The number of pyridine rings is 2. The quantitative estimate of drug-likeness (QED) is 0.130. The fourth-order valence-corrected chi connectivity index (χ4v) is 6.23. The number of hydrogen-bond donors (Lipinski definition) is 0. The van der Waals surface area contributed by atoms with Crippen LogP contribution in [0.2, 0.25) is 0 Å². The molecule has 1 aromatic carbocycles. The van der Waals surface area contributed by atoms with E-state index in [4.69, 9.17) is 14.2 Å². The van der Waals surface area contributed by atoms with Gasteiger partial charge in [0, 0.05) is 31.3 Å². The van der Waals surface area contributed by atoms with Crippen molar-refractivity contribution in [1.82, 2.24) is 14.9 Å². The highest BCUT2D eigenvalue weighted by molar-refractivity contribution is 5.89. The summed E-state index contributed by atoms with van der Waals surface area (Å²) in [5.41, 5.74) is 4.03. The summed E-state index contributed by atoms with van der Waals surface area (Å²) in [6, 6.07) is 11.2. The standard InChI is InChI=1S/C37H47N3O5/c1-5-12-32(30-23-27(2)35(44-4)34(24-30)43-3)36(41)40-22-7-6-19-33(40)37(42)45-31(17-8-13-28-15-10-20-38-25-28)18-9-14-29-16-11-21-39-26-29/h5,10-11,15-16,20-21,23-26,31-33H,1,6-9,12-14,17-19,22H2,2-4H3/t32-,33-/m0/s1. The average molecular weight is 614 g/mol. The van der Waals surface area contributed by atoms with E-state index < -0.39 is 12.0 Å². The number of piperidine rings is 1. The zero-order valence-corrected chi connectivity index (χ0v) is 27.0. The number of carbonyl (C=O) groups excluding carboxylic acids is 2. The number of ether oxygens (including phenoxy) is 3. The van der Waals surface area contributed by atoms with Crippen LogP contribution in [0.5, 0.6) is 11.5 Å². The van der Waals surface area contributed by atoms with Crippen molar-refractivity contribution < 1.29 is 23.8 Å². The van der Waals surface area contributed by atoms with Gasteiger partial charge in [0.05, 0.1) is 20.1 Å². The lowest BCUT2D eigenvalue weighted by Crippen LogP contribution is -2.50. The van der Waals surface area contributed by atoms with Crippen LogP contribution in [0, 0.1) is 6.92 Å². The molecule has 0 spiro atoms. The number of amides is 1. The van der Waals surface area contributed by atoms with Crippen LogP contribution >= 0.6 is 0 Å². The molecule has 8 nitrogen and oxygen atoms in total. The number of nitrogens with zero attached hydrogens (tertiary/aromatic N) is 3. The molecule has 0 saturated carbocycles. The molecule has 1 aliphatic rings. The molecule has 0 aliphatic carbocycles. The number of aromatic nitrogens is 2. The molecular weight excluding hydrogens is 566 g/mol. The van der Waals surface area contributed by atoms with Crippen LogP contribution in [0.4, 0.5) is 0 Å². The third kappa shape index (κ3) is 9.40. The summed E-state index contributed by atoms with van der Waals surface area (Å²) < 4.78 is 17.4. The van der Waals surface area contributed by atoms with Gasteiger partial charge in [0.25, 0.3) is 0 Å². The summed E-state index contributed by atoms with van der Waals surface area (Å²) >= 11 is 0. The van der Waals surface area contributed by atoms with Gasteiger partial charge in [-0.25, -0.2) is 4.79 Å². The number of esters is 1. The number of rotatable bonds is 16. The Hall–Kier alpha value is -4.20. The van der Waals surface area contributed by atoms with E-state index in [1.54, 1.807) is 37.6 Å². The van der Waals surface area contributed by atoms with E-state index >= 15 is 0 Å². The summed E-state index contributed by atoms with van der Waals surface area (Å²) in [7, 11) is 3.19. The van der Waals surface area contributed by atoms with Crippen molar-refractivity contribution in [3.05, 3.63) is 96.1 Å². The van der Waals surface area contributed by atoms with Crippen molar-refractivity contribution in [2.75, 3.05) is 20.8 Å². The molecule has 0 radical (unpaired) electrons. The zero-order chi connectivity index (χ0) is 32.0. The lowest BCUT2D eigenvalue weighted by molar-refractivity contribution is -0.162. The molecular formula is C37H47N3O5. The molecule has 1 aliphatic heterocycles. The van der Waals surface area contributed by atoms with Crippen LogP contribution in [0.25, 0.3) is 0 Å². The fourth-order valence-electron chi connectivity index (χ4n) is 6.23. The van der Waals surface area contributed by atoms with E-state index in [2.05, 4.69) is 28.7 Å². The molecule has 3 heterocycles. The highest BCUT2D eigenvalue weighted by atomic mass is 16.5. The first-order valence-electron chi connectivity index (χ1n) is 16.1. The second-order valence-corrected chi connectivity index (χ2v) is 11.8. The number of benzene rings is 1. The van der Waals surface area contributed by atoms with Gasteiger partial charge in [-0.3, -0.25) is 14.8 Å². The van der Waals surface area contributed by atoms with Gasteiger partial charge in [-0.2, -0.15) is 0 Å². The molecule has 2 atom stereocenters. The van der Waals surface area contributed by atoms with Crippen molar-refractivity contribution >= 4 is 11.9 Å². The Bertz CT molecular complexity index is 1340. The van der Waals surface area contributed by atoms with E-state index in [0.29, 0.717) is 30.9 Å². The van der Waals surface area contributed by atoms with Gasteiger partial charge >= 0.3 is 5.97 Å². The Morgan fingerprint density at radius 1 is 1.00 bits per heavy atom. The second-order valence-electron chi connectivity index (χ2n) is 11.8. The number of hydrogen-bond acceptors (Lipinski definition) is 7. The Kier molecular flexibility index (Phi) is 13.0. The molecule has 0 unspecified atom stereocenters. The predicted molar refractivity (Wildman–Crippen MR) is 175 cm³/mol. The highest BCUT2D eigenvalue weighted by Crippen LogP contribution is 2.37. The first-order chi connectivity index (χ1) is 21.9. The number of likely N-dealkylation sites (tertiary alicyclic amines) is 1. The maximum atomic E-state index is 14.2. The Labute approximate surface area is 267 Å². The van der Waals surface area contributed by atoms with E-state index in [1.165, 1.54) is 11.1 Å². The van der Waals surface area contributed by atoms with E-state index in [1.807, 2.05) is 43.6 Å². The molecule has 0 bridgehead atoms. The van der Waals surface area contributed by atoms with Crippen molar-refractivity contribution in [3.8, 4) is 11.5 Å². The molecule has 2 aromatic heterocycles. The van der Waals surface area contributed by atoms with E-state index in [0.717, 1.165) is 62.5 Å². The minimum atomic E-state index is -0.612. The maximum absolute atomic E-state index is 14.2. The highest BCUT2D eigenvalue weighted by Gasteiger charge is 2.37. The van der Waals surface area contributed by atoms with E-state index in [-0.39, 0.29) is 18.0 Å².